The molecule has 5 nitrogen and oxygen atoms in total. The number of benzene rings is 1. The van der Waals surface area contributed by atoms with Crippen molar-refractivity contribution < 1.29 is 4.79 Å². The van der Waals surface area contributed by atoms with E-state index in [1.807, 2.05) is 30.3 Å². The fraction of sp³-hybridized carbons (Fsp3) is 0.400. The summed E-state index contributed by atoms with van der Waals surface area (Å²) < 4.78 is 0. The summed E-state index contributed by atoms with van der Waals surface area (Å²) in [5, 5.41) is 9.73. The average Bonchev–Trinajstić information content (AvgIpc) is 2.69. The molecule has 3 N–H and O–H groups in total. The number of pyridine rings is 1. The van der Waals surface area contributed by atoms with Crippen molar-refractivity contribution in [1.29, 1.82) is 0 Å². The third kappa shape index (κ3) is 5.29. The fourth-order valence-electron chi connectivity index (χ4n) is 3.16. The van der Waals surface area contributed by atoms with Crippen molar-refractivity contribution in [3.05, 3.63) is 59.9 Å². The minimum Gasteiger partial charge on any atom is -0.384 e. The quantitative estimate of drug-likeness (QED) is 0.679. The SMILES string of the molecule is O=C(NCCCNc1cccnc1)c1cccc([C@H]2CCCNC2)c1. The third-order valence-corrected chi connectivity index (χ3v) is 4.55. The average molecular weight is 338 g/mol. The van der Waals surface area contributed by atoms with Gasteiger partial charge < -0.3 is 16.0 Å². The summed E-state index contributed by atoms with van der Waals surface area (Å²) in [7, 11) is 0. The molecule has 0 radical (unpaired) electrons. The lowest BCUT2D eigenvalue weighted by Crippen LogP contribution is -2.29. The molecule has 0 saturated carbocycles. The van der Waals surface area contributed by atoms with E-state index in [9.17, 15) is 4.79 Å². The van der Waals surface area contributed by atoms with E-state index < -0.39 is 0 Å². The largest absolute Gasteiger partial charge is 0.384 e. The molecule has 1 fully saturated rings. The molecule has 132 valence electrons. The summed E-state index contributed by atoms with van der Waals surface area (Å²) in [6.45, 7) is 3.57. The molecular formula is C20H26N4O. The normalized spacial score (nSPS) is 17.0. The molecule has 1 aliphatic heterocycles. The Hall–Kier alpha value is -2.40. The van der Waals surface area contributed by atoms with Crippen LogP contribution in [-0.4, -0.2) is 37.1 Å². The van der Waals surface area contributed by atoms with Gasteiger partial charge in [0.05, 0.1) is 5.69 Å². The number of hydrogen-bond acceptors (Lipinski definition) is 4. The Balaban J connectivity index is 1.43. The van der Waals surface area contributed by atoms with E-state index in [2.05, 4.69) is 27.0 Å². The summed E-state index contributed by atoms with van der Waals surface area (Å²) in [4.78, 5) is 16.4. The molecule has 1 saturated heterocycles. The van der Waals surface area contributed by atoms with Crippen LogP contribution < -0.4 is 16.0 Å². The van der Waals surface area contributed by atoms with Gasteiger partial charge in [-0.15, -0.1) is 0 Å². The molecule has 25 heavy (non-hydrogen) atoms. The monoisotopic (exact) mass is 338 g/mol. The van der Waals surface area contributed by atoms with E-state index in [0.717, 1.165) is 37.3 Å². The van der Waals surface area contributed by atoms with Gasteiger partial charge in [0.15, 0.2) is 0 Å². The van der Waals surface area contributed by atoms with Gasteiger partial charge in [0.25, 0.3) is 5.91 Å². The highest BCUT2D eigenvalue weighted by atomic mass is 16.1. The highest BCUT2D eigenvalue weighted by Gasteiger charge is 2.16. The summed E-state index contributed by atoms with van der Waals surface area (Å²) >= 11 is 0. The maximum absolute atomic E-state index is 12.4. The molecule has 0 bridgehead atoms. The minimum absolute atomic E-state index is 0.00648. The summed E-state index contributed by atoms with van der Waals surface area (Å²) in [5.74, 6) is 0.525. The zero-order valence-corrected chi connectivity index (χ0v) is 14.5. The van der Waals surface area contributed by atoms with Crippen LogP contribution in [0.5, 0.6) is 0 Å². The number of carbonyl (C=O) groups excluding carboxylic acids is 1. The first-order valence-corrected chi connectivity index (χ1v) is 9.06. The number of hydrogen-bond donors (Lipinski definition) is 3. The van der Waals surface area contributed by atoms with Crippen LogP contribution in [-0.2, 0) is 0 Å². The van der Waals surface area contributed by atoms with E-state index in [0.29, 0.717) is 12.5 Å². The van der Waals surface area contributed by atoms with E-state index >= 15 is 0 Å². The van der Waals surface area contributed by atoms with Crippen molar-refractivity contribution in [2.75, 3.05) is 31.5 Å². The van der Waals surface area contributed by atoms with Gasteiger partial charge in [-0.1, -0.05) is 12.1 Å². The first-order valence-electron chi connectivity index (χ1n) is 9.06. The molecule has 2 aromatic rings. The fourth-order valence-corrected chi connectivity index (χ4v) is 3.16. The van der Waals surface area contributed by atoms with Crippen LogP contribution in [0.4, 0.5) is 5.69 Å². The van der Waals surface area contributed by atoms with E-state index in [4.69, 9.17) is 0 Å². The maximum Gasteiger partial charge on any atom is 0.251 e. The minimum atomic E-state index is 0.00648. The lowest BCUT2D eigenvalue weighted by molar-refractivity contribution is 0.0953. The van der Waals surface area contributed by atoms with Crippen molar-refractivity contribution in [1.82, 2.24) is 15.6 Å². The van der Waals surface area contributed by atoms with Gasteiger partial charge >= 0.3 is 0 Å². The third-order valence-electron chi connectivity index (χ3n) is 4.55. The van der Waals surface area contributed by atoms with Crippen LogP contribution in [0.2, 0.25) is 0 Å². The number of carbonyl (C=O) groups is 1. The summed E-state index contributed by atoms with van der Waals surface area (Å²) in [6, 6.07) is 11.9. The molecule has 0 unspecified atom stereocenters. The van der Waals surface area contributed by atoms with Crippen LogP contribution in [0.1, 0.15) is 41.1 Å². The number of nitrogens with one attached hydrogen (secondary N) is 3. The van der Waals surface area contributed by atoms with Gasteiger partial charge in [-0.2, -0.15) is 0 Å². The molecular weight excluding hydrogens is 312 g/mol. The van der Waals surface area contributed by atoms with Crippen molar-refractivity contribution in [2.45, 2.75) is 25.2 Å². The van der Waals surface area contributed by atoms with E-state index in [1.165, 1.54) is 18.4 Å². The molecule has 5 heteroatoms. The molecule has 3 rings (SSSR count). The van der Waals surface area contributed by atoms with Gasteiger partial charge in [0.2, 0.25) is 0 Å². The van der Waals surface area contributed by atoms with Crippen molar-refractivity contribution in [3.63, 3.8) is 0 Å². The van der Waals surface area contributed by atoms with Gasteiger partial charge in [0, 0.05) is 37.6 Å². The summed E-state index contributed by atoms with van der Waals surface area (Å²) in [6.07, 6.45) is 6.81. The Kier molecular flexibility index (Phi) is 6.40. The number of nitrogens with zero attached hydrogens (tertiary/aromatic N) is 1. The number of rotatable bonds is 7. The second-order valence-electron chi connectivity index (χ2n) is 6.45. The van der Waals surface area contributed by atoms with Crippen LogP contribution >= 0.6 is 0 Å². The standard InChI is InChI=1S/C20H26N4O/c25-20(24-12-4-11-23-19-8-3-10-22-15-19)17-6-1-5-16(13-17)18-7-2-9-21-14-18/h1,3,5-6,8,10,13,15,18,21,23H,2,4,7,9,11-12,14H2,(H,24,25)/t18-/m0/s1. The smallest absolute Gasteiger partial charge is 0.251 e. The van der Waals surface area contributed by atoms with Crippen molar-refractivity contribution in [2.24, 2.45) is 0 Å². The Morgan fingerprint density at radius 2 is 2.20 bits per heavy atom. The van der Waals surface area contributed by atoms with Crippen LogP contribution in [0.25, 0.3) is 0 Å². The highest BCUT2D eigenvalue weighted by Crippen LogP contribution is 2.23. The zero-order valence-electron chi connectivity index (χ0n) is 14.5. The van der Waals surface area contributed by atoms with Gasteiger partial charge in [-0.3, -0.25) is 9.78 Å². The topological polar surface area (TPSA) is 66.0 Å². The Labute approximate surface area is 149 Å². The summed E-state index contributed by atoms with van der Waals surface area (Å²) in [5.41, 5.74) is 3.02. The van der Waals surface area contributed by atoms with Crippen LogP contribution in [0.15, 0.2) is 48.8 Å². The predicted molar refractivity (Wildman–Crippen MR) is 101 cm³/mol. The number of anilines is 1. The van der Waals surface area contributed by atoms with Gasteiger partial charge in [-0.25, -0.2) is 0 Å². The lowest BCUT2D eigenvalue weighted by atomic mass is 9.90. The van der Waals surface area contributed by atoms with Crippen LogP contribution in [0.3, 0.4) is 0 Å². The van der Waals surface area contributed by atoms with E-state index in [-0.39, 0.29) is 5.91 Å². The van der Waals surface area contributed by atoms with Crippen molar-refractivity contribution in [3.8, 4) is 0 Å². The second-order valence-corrected chi connectivity index (χ2v) is 6.45. The first-order chi connectivity index (χ1) is 12.3. The molecule has 1 aliphatic rings. The molecule has 0 spiro atoms. The molecule has 1 amide bonds. The number of piperidine rings is 1. The maximum atomic E-state index is 12.4. The highest BCUT2D eigenvalue weighted by molar-refractivity contribution is 5.94. The van der Waals surface area contributed by atoms with Gasteiger partial charge in [0.1, 0.15) is 0 Å². The molecule has 2 heterocycles. The van der Waals surface area contributed by atoms with Gasteiger partial charge in [-0.05, 0) is 61.6 Å². The first kappa shape index (κ1) is 17.4. The molecule has 1 aromatic carbocycles. The second kappa shape index (κ2) is 9.18. The zero-order chi connectivity index (χ0) is 17.3. The Morgan fingerprint density at radius 1 is 1.24 bits per heavy atom. The van der Waals surface area contributed by atoms with E-state index in [1.54, 1.807) is 12.4 Å². The Bertz CT molecular complexity index is 668. The molecule has 0 aliphatic carbocycles. The molecule has 1 atom stereocenters. The Morgan fingerprint density at radius 3 is 3.00 bits per heavy atom. The number of aromatic nitrogens is 1. The van der Waals surface area contributed by atoms with Crippen molar-refractivity contribution >= 4 is 11.6 Å². The number of amides is 1. The predicted octanol–water partition coefficient (Wildman–Crippen LogP) is 2.78. The molecule has 1 aromatic heterocycles. The lowest BCUT2D eigenvalue weighted by Gasteiger charge is -2.23. The van der Waals surface area contributed by atoms with Crippen LogP contribution in [0, 0.1) is 0 Å².